The second-order valence-corrected chi connectivity index (χ2v) is 7.61. The molecule has 1 N–H and O–H groups in total. The molecular weight excluding hydrogens is 342 g/mol. The molecule has 1 unspecified atom stereocenters. The van der Waals surface area contributed by atoms with Gasteiger partial charge in [-0.2, -0.15) is 0 Å². The molecule has 0 bridgehead atoms. The Hall–Kier alpha value is -1.46. The Balaban J connectivity index is 1.64. The predicted octanol–water partition coefficient (Wildman–Crippen LogP) is 4.52. The smallest absolute Gasteiger partial charge is 0.261 e. The van der Waals surface area contributed by atoms with Crippen LogP contribution in [0.5, 0.6) is 0 Å². The van der Waals surface area contributed by atoms with Crippen LogP contribution >= 0.6 is 23.4 Å². The van der Waals surface area contributed by atoms with Crippen molar-refractivity contribution in [1.82, 2.24) is 14.9 Å². The summed E-state index contributed by atoms with van der Waals surface area (Å²) < 4.78 is 1.64. The molecule has 0 saturated heterocycles. The molecule has 4 nitrogen and oxygen atoms in total. The minimum absolute atomic E-state index is 0.0541. The molecule has 1 aromatic heterocycles. The first-order valence-corrected chi connectivity index (χ1v) is 9.75. The zero-order valence-electron chi connectivity index (χ0n) is 13.8. The number of nitrogens with zero attached hydrogens (tertiary/aromatic N) is 2. The van der Waals surface area contributed by atoms with Crippen LogP contribution in [0.15, 0.2) is 40.4 Å². The molecular formula is C18H22ClN3OS. The van der Waals surface area contributed by atoms with E-state index in [1.807, 2.05) is 11.8 Å². The largest absolute Gasteiger partial charge is 0.374 e. The summed E-state index contributed by atoms with van der Waals surface area (Å²) in [5.74, 6) is 0. The van der Waals surface area contributed by atoms with Crippen molar-refractivity contribution in [2.24, 2.45) is 0 Å². The Kier molecular flexibility index (Phi) is 5.85. The fourth-order valence-corrected chi connectivity index (χ4v) is 4.01. The average Bonchev–Trinajstić information content (AvgIpc) is 3.02. The van der Waals surface area contributed by atoms with E-state index in [-0.39, 0.29) is 5.56 Å². The summed E-state index contributed by atoms with van der Waals surface area (Å²) in [6.45, 7) is 2.75. The third kappa shape index (κ3) is 4.14. The minimum Gasteiger partial charge on any atom is -0.374 e. The summed E-state index contributed by atoms with van der Waals surface area (Å²) in [4.78, 5) is 17.0. The maximum absolute atomic E-state index is 12.6. The second kappa shape index (κ2) is 8.08. The Morgan fingerprint density at radius 1 is 1.33 bits per heavy atom. The van der Waals surface area contributed by atoms with E-state index in [1.165, 1.54) is 25.7 Å². The topological polar surface area (TPSA) is 46.9 Å². The molecule has 6 heteroatoms. The van der Waals surface area contributed by atoms with Gasteiger partial charge in [-0.15, -0.1) is 11.8 Å². The maximum atomic E-state index is 12.6. The molecule has 3 rings (SSSR count). The summed E-state index contributed by atoms with van der Waals surface area (Å²) in [7, 11) is 0. The molecule has 0 aliphatic carbocycles. The first-order valence-electron chi connectivity index (χ1n) is 8.43. The molecule has 0 radical (unpaired) electrons. The SMILES string of the molecule is CCCCCCC1NC(Cn2cnc3ccc(Cl)cc3c2=O)=CS1. The highest BCUT2D eigenvalue weighted by Gasteiger charge is 2.17. The summed E-state index contributed by atoms with van der Waals surface area (Å²) in [6, 6.07) is 5.21. The van der Waals surface area contributed by atoms with E-state index in [0.29, 0.717) is 27.8 Å². The van der Waals surface area contributed by atoms with Crippen molar-refractivity contribution in [1.29, 1.82) is 0 Å². The first kappa shape index (κ1) is 17.4. The van der Waals surface area contributed by atoms with Gasteiger partial charge in [-0.05, 0) is 30.0 Å². The van der Waals surface area contributed by atoms with Gasteiger partial charge in [0.05, 0.1) is 29.1 Å². The fourth-order valence-electron chi connectivity index (χ4n) is 2.85. The molecule has 1 atom stereocenters. The number of allylic oxidation sites excluding steroid dienone is 1. The fraction of sp³-hybridized carbons (Fsp3) is 0.444. The molecule has 2 heterocycles. The van der Waals surface area contributed by atoms with Crippen LogP contribution in [0.2, 0.25) is 5.02 Å². The number of fused-ring (bicyclic) bond motifs is 1. The van der Waals surface area contributed by atoms with E-state index >= 15 is 0 Å². The lowest BCUT2D eigenvalue weighted by Gasteiger charge is -2.13. The van der Waals surface area contributed by atoms with Gasteiger partial charge in [-0.25, -0.2) is 4.98 Å². The zero-order chi connectivity index (χ0) is 16.9. The van der Waals surface area contributed by atoms with Crippen LogP contribution in [0.3, 0.4) is 0 Å². The number of hydrogen-bond donors (Lipinski definition) is 1. The standard InChI is InChI=1S/C18H22ClN3OS/c1-2-3-4-5-6-17-21-14(11-24-17)10-22-12-20-16-8-7-13(19)9-15(16)18(22)23/h7-9,11-12,17,21H,2-6,10H2,1H3. The highest BCUT2D eigenvalue weighted by atomic mass is 35.5. The van der Waals surface area contributed by atoms with Gasteiger partial charge in [-0.1, -0.05) is 44.2 Å². The van der Waals surface area contributed by atoms with Crippen molar-refractivity contribution in [3.8, 4) is 0 Å². The number of rotatable bonds is 7. The Morgan fingerprint density at radius 3 is 3.04 bits per heavy atom. The van der Waals surface area contributed by atoms with Crippen molar-refractivity contribution in [2.45, 2.75) is 50.9 Å². The molecule has 0 amide bonds. The van der Waals surface area contributed by atoms with Crippen LogP contribution < -0.4 is 10.9 Å². The zero-order valence-corrected chi connectivity index (χ0v) is 15.4. The molecule has 24 heavy (non-hydrogen) atoms. The van der Waals surface area contributed by atoms with Crippen LogP contribution in [0.1, 0.15) is 39.0 Å². The van der Waals surface area contributed by atoms with Gasteiger partial charge in [0.25, 0.3) is 5.56 Å². The summed E-state index contributed by atoms with van der Waals surface area (Å²) >= 11 is 7.81. The quantitative estimate of drug-likeness (QED) is 0.734. The average molecular weight is 364 g/mol. The van der Waals surface area contributed by atoms with Gasteiger partial charge >= 0.3 is 0 Å². The van der Waals surface area contributed by atoms with E-state index in [0.717, 1.165) is 12.1 Å². The van der Waals surface area contributed by atoms with Gasteiger partial charge in [0, 0.05) is 10.7 Å². The van der Waals surface area contributed by atoms with Crippen LogP contribution in [0.4, 0.5) is 0 Å². The van der Waals surface area contributed by atoms with Gasteiger partial charge in [-0.3, -0.25) is 9.36 Å². The number of benzene rings is 1. The van der Waals surface area contributed by atoms with E-state index in [2.05, 4.69) is 22.6 Å². The monoisotopic (exact) mass is 363 g/mol. The number of aromatic nitrogens is 2. The highest BCUT2D eigenvalue weighted by molar-refractivity contribution is 8.02. The highest BCUT2D eigenvalue weighted by Crippen LogP contribution is 2.25. The van der Waals surface area contributed by atoms with E-state index in [9.17, 15) is 4.79 Å². The van der Waals surface area contributed by atoms with Crippen molar-refractivity contribution < 1.29 is 0 Å². The molecule has 0 saturated carbocycles. The lowest BCUT2D eigenvalue weighted by molar-refractivity contribution is 0.576. The molecule has 1 aromatic carbocycles. The molecule has 2 aromatic rings. The van der Waals surface area contributed by atoms with Crippen molar-refractivity contribution in [2.75, 3.05) is 0 Å². The third-order valence-corrected chi connectivity index (χ3v) is 5.51. The van der Waals surface area contributed by atoms with Crippen molar-refractivity contribution in [3.63, 3.8) is 0 Å². The number of hydrogen-bond acceptors (Lipinski definition) is 4. The molecule has 0 fully saturated rings. The minimum atomic E-state index is -0.0541. The Bertz CT molecular complexity index is 802. The number of thioether (sulfide) groups is 1. The van der Waals surface area contributed by atoms with E-state index < -0.39 is 0 Å². The van der Waals surface area contributed by atoms with Crippen LogP contribution in [-0.4, -0.2) is 14.9 Å². The van der Waals surface area contributed by atoms with Crippen LogP contribution in [0, 0.1) is 0 Å². The molecule has 128 valence electrons. The summed E-state index contributed by atoms with van der Waals surface area (Å²) in [5, 5.41) is 7.18. The second-order valence-electron chi connectivity index (χ2n) is 6.10. The Morgan fingerprint density at radius 2 is 2.21 bits per heavy atom. The van der Waals surface area contributed by atoms with Crippen molar-refractivity contribution in [3.05, 3.63) is 51.0 Å². The maximum Gasteiger partial charge on any atom is 0.261 e. The normalized spacial score (nSPS) is 17.1. The summed E-state index contributed by atoms with van der Waals surface area (Å²) in [6.07, 6.45) is 7.87. The van der Waals surface area contributed by atoms with E-state index in [1.54, 1.807) is 29.1 Å². The lowest BCUT2D eigenvalue weighted by atomic mass is 10.1. The first-order chi connectivity index (χ1) is 11.7. The number of unbranched alkanes of at least 4 members (excludes halogenated alkanes) is 3. The van der Waals surface area contributed by atoms with Crippen LogP contribution in [-0.2, 0) is 6.54 Å². The van der Waals surface area contributed by atoms with Gasteiger partial charge in [0.15, 0.2) is 0 Å². The summed E-state index contributed by atoms with van der Waals surface area (Å²) in [5.41, 5.74) is 1.70. The van der Waals surface area contributed by atoms with E-state index in [4.69, 9.17) is 11.6 Å². The molecule has 0 spiro atoms. The third-order valence-electron chi connectivity index (χ3n) is 4.17. The van der Waals surface area contributed by atoms with Gasteiger partial charge in [0.1, 0.15) is 0 Å². The van der Waals surface area contributed by atoms with Crippen LogP contribution in [0.25, 0.3) is 10.9 Å². The molecule has 1 aliphatic rings. The van der Waals surface area contributed by atoms with Crippen molar-refractivity contribution >= 4 is 34.3 Å². The molecule has 1 aliphatic heterocycles. The Labute approximate surface area is 151 Å². The number of nitrogens with one attached hydrogen (secondary N) is 1. The predicted molar refractivity (Wildman–Crippen MR) is 102 cm³/mol. The lowest BCUT2D eigenvalue weighted by Crippen LogP contribution is -2.27. The van der Waals surface area contributed by atoms with Gasteiger partial charge in [0.2, 0.25) is 0 Å². The number of halogens is 1. The van der Waals surface area contributed by atoms with Gasteiger partial charge < -0.3 is 5.32 Å².